The predicted octanol–water partition coefficient (Wildman–Crippen LogP) is 5.44. The molecule has 4 saturated heterocycles. The summed E-state index contributed by atoms with van der Waals surface area (Å²) in [6.45, 7) is 15.7. The van der Waals surface area contributed by atoms with Crippen molar-refractivity contribution >= 4 is 45.9 Å². The van der Waals surface area contributed by atoms with Gasteiger partial charge in [0.15, 0.2) is 18.5 Å². The van der Waals surface area contributed by atoms with E-state index in [0.29, 0.717) is 43.8 Å². The van der Waals surface area contributed by atoms with Gasteiger partial charge in [-0.2, -0.15) is 0 Å². The molecule has 346 valence electrons. The maximum atomic E-state index is 14.6. The maximum absolute atomic E-state index is 14.6. The Kier molecular flexibility index (Phi) is 14.2. The van der Waals surface area contributed by atoms with E-state index in [1.165, 1.54) is 0 Å². The fourth-order valence-corrected chi connectivity index (χ4v) is 10.9. The zero-order valence-corrected chi connectivity index (χ0v) is 38.4. The van der Waals surface area contributed by atoms with Gasteiger partial charge in [0.25, 0.3) is 5.91 Å². The minimum atomic E-state index is -1.16. The molecule has 5 heterocycles. The number of likely N-dealkylation sites (N-methyl/N-ethyl adjacent to an activating group) is 1. The van der Waals surface area contributed by atoms with Crippen LogP contribution in [0.5, 0.6) is 0 Å². The van der Waals surface area contributed by atoms with Crippen LogP contribution in [0.25, 0.3) is 10.8 Å². The van der Waals surface area contributed by atoms with E-state index in [-0.39, 0.29) is 43.8 Å². The Hall–Kier alpha value is -4.19. The Bertz CT molecular complexity index is 2050. The number of cyclic esters (lactones) is 1. The molecule has 5 aliphatic rings. The van der Waals surface area contributed by atoms with E-state index in [1.807, 2.05) is 96.1 Å². The molecular weight excluding hydrogens is 811 g/mol. The Labute approximate surface area is 370 Å². The van der Waals surface area contributed by atoms with Crippen molar-refractivity contribution in [2.45, 2.75) is 135 Å². The van der Waals surface area contributed by atoms with Crippen LogP contribution in [-0.4, -0.2) is 151 Å². The Morgan fingerprint density at radius 1 is 1.05 bits per heavy atom. The highest BCUT2D eigenvalue weighted by molar-refractivity contribution is 5.95. The molecule has 0 unspecified atom stereocenters. The Balaban J connectivity index is 1.25. The molecule has 2 aromatic carbocycles. The summed E-state index contributed by atoms with van der Waals surface area (Å²) in [6, 6.07) is 12.8. The van der Waals surface area contributed by atoms with Gasteiger partial charge in [-0.1, -0.05) is 63.2 Å². The van der Waals surface area contributed by atoms with Crippen LogP contribution in [0.2, 0.25) is 0 Å². The van der Waals surface area contributed by atoms with E-state index < -0.39 is 77.8 Å². The monoisotopic (exact) mass is 877 g/mol. The lowest BCUT2D eigenvalue weighted by molar-refractivity contribution is -0.302. The first kappa shape index (κ1) is 46.8. The van der Waals surface area contributed by atoms with Crippen molar-refractivity contribution in [2.75, 3.05) is 52.3 Å². The Morgan fingerprint density at radius 2 is 1.79 bits per heavy atom. The van der Waals surface area contributed by atoms with Gasteiger partial charge in [0, 0.05) is 35.8 Å². The number of aliphatic hydroxyl groups is 1. The first-order valence-corrected chi connectivity index (χ1v) is 22.6. The number of hydrogen-bond acceptors (Lipinski definition) is 14. The van der Waals surface area contributed by atoms with E-state index >= 15 is 0 Å². The summed E-state index contributed by atoms with van der Waals surface area (Å²) < 4.78 is 39.7. The van der Waals surface area contributed by atoms with E-state index in [0.717, 1.165) is 16.5 Å². The second kappa shape index (κ2) is 19.1. The maximum Gasteiger partial charge on any atom is 0.410 e. The highest BCUT2D eigenvalue weighted by Gasteiger charge is 2.60. The molecular formula is C47H67N5O11. The molecule has 0 radical (unpaired) electrons. The topological polar surface area (TPSA) is 179 Å². The number of aliphatic hydroxyl groups excluding tert-OH is 1. The molecule has 7 rings (SSSR count). The van der Waals surface area contributed by atoms with Gasteiger partial charge >= 0.3 is 12.1 Å². The summed E-state index contributed by atoms with van der Waals surface area (Å²) in [7, 11) is 3.84. The summed E-state index contributed by atoms with van der Waals surface area (Å²) in [5.41, 5.74) is -0.464. The summed E-state index contributed by atoms with van der Waals surface area (Å²) >= 11 is 0. The number of fused-ring (bicyclic) bond motifs is 5. The third-order valence-electron chi connectivity index (χ3n) is 14.0. The van der Waals surface area contributed by atoms with Crippen molar-refractivity contribution < 1.29 is 52.7 Å². The van der Waals surface area contributed by atoms with Crippen LogP contribution in [0, 0.1) is 23.7 Å². The van der Waals surface area contributed by atoms with Crippen molar-refractivity contribution in [3.63, 3.8) is 0 Å². The van der Waals surface area contributed by atoms with Gasteiger partial charge in [0.05, 0.1) is 55.6 Å². The van der Waals surface area contributed by atoms with E-state index in [4.69, 9.17) is 38.3 Å². The molecule has 4 fully saturated rings. The molecule has 14 atom stereocenters. The number of anilines is 1. The van der Waals surface area contributed by atoms with Gasteiger partial charge in [-0.05, 0) is 89.9 Å². The number of carbonyl (C=O) groups excluding carboxylic acids is 3. The van der Waals surface area contributed by atoms with Gasteiger partial charge in [-0.25, -0.2) is 4.79 Å². The number of esters is 1. The molecule has 2 amide bonds. The predicted molar refractivity (Wildman–Crippen MR) is 236 cm³/mol. The van der Waals surface area contributed by atoms with Crippen LogP contribution in [0.4, 0.5) is 10.5 Å². The number of aliphatic imine (C=N–C) groups is 1. The van der Waals surface area contributed by atoms with Crippen LogP contribution < -0.4 is 5.32 Å². The van der Waals surface area contributed by atoms with Crippen LogP contribution >= 0.6 is 0 Å². The lowest BCUT2D eigenvalue weighted by Crippen LogP contribution is -2.60. The number of rotatable bonds is 8. The van der Waals surface area contributed by atoms with Crippen LogP contribution in [0.15, 0.2) is 52.6 Å². The molecule has 2 aromatic rings. The minimum absolute atomic E-state index is 0.0742. The molecule has 2 N–H and O–H groups in total. The molecule has 16 nitrogen and oxygen atoms in total. The molecule has 0 aliphatic carbocycles. The van der Waals surface area contributed by atoms with Crippen LogP contribution in [0.3, 0.4) is 0 Å². The third kappa shape index (κ3) is 9.62. The van der Waals surface area contributed by atoms with Gasteiger partial charge in [0.2, 0.25) is 0 Å². The SMILES string of the molecule is CC[C@H]1OC(=O)[C@H](C)[C@H]2OC/C(=N\OCC(=O)Nc3ccc4ccccc4c3)CO[C@](C)(C[C@@H](C)C3=NCCN4C(=O)O[C@@]1(C)[C@H]4[C@H]3C)[C@H](O[C@H]1O[C@@H](C)C[C@@H](N(C)C)[C@@H]1O)[C@H]2C. The largest absolute Gasteiger partial charge is 0.458 e. The van der Waals surface area contributed by atoms with E-state index in [9.17, 15) is 19.5 Å². The number of amides is 2. The summed E-state index contributed by atoms with van der Waals surface area (Å²) in [5, 5.41) is 21.1. The smallest absolute Gasteiger partial charge is 0.410 e. The first-order chi connectivity index (χ1) is 29.9. The van der Waals surface area contributed by atoms with Gasteiger partial charge in [-0.3, -0.25) is 19.5 Å². The highest BCUT2D eigenvalue weighted by Crippen LogP contribution is 2.45. The number of benzene rings is 2. The second-order valence-corrected chi connectivity index (χ2v) is 18.9. The van der Waals surface area contributed by atoms with E-state index in [2.05, 4.69) is 24.3 Å². The molecule has 0 saturated carbocycles. The molecule has 63 heavy (non-hydrogen) atoms. The summed E-state index contributed by atoms with van der Waals surface area (Å²) in [4.78, 5) is 55.7. The van der Waals surface area contributed by atoms with Crippen LogP contribution in [0.1, 0.15) is 74.7 Å². The molecule has 4 bridgehead atoms. The lowest BCUT2D eigenvalue weighted by Gasteiger charge is -2.48. The minimum Gasteiger partial charge on any atom is -0.458 e. The van der Waals surface area contributed by atoms with Crippen molar-refractivity contribution in [3.05, 3.63) is 42.5 Å². The van der Waals surface area contributed by atoms with Gasteiger partial charge in [0.1, 0.15) is 17.9 Å². The van der Waals surface area contributed by atoms with Crippen molar-refractivity contribution in [1.82, 2.24) is 9.80 Å². The second-order valence-electron chi connectivity index (χ2n) is 18.9. The summed E-state index contributed by atoms with van der Waals surface area (Å²) in [5.74, 6) is -2.87. The van der Waals surface area contributed by atoms with Crippen molar-refractivity contribution in [2.24, 2.45) is 33.8 Å². The number of nitrogens with zero attached hydrogens (tertiary/aromatic N) is 4. The fraction of sp³-hybridized carbons (Fsp3) is 0.681. The average Bonchev–Trinajstić information content (AvgIpc) is 3.38. The normalized spacial score (nSPS) is 38.4. The first-order valence-electron chi connectivity index (χ1n) is 22.6. The molecule has 0 aromatic heterocycles. The number of oxime groups is 1. The van der Waals surface area contributed by atoms with Crippen molar-refractivity contribution in [1.29, 1.82) is 0 Å². The average molecular weight is 878 g/mol. The standard InChI is InChI=1S/C47H67N5O11/c1-11-36-47(8)41-28(4)38(48-18-19-52(41)45(56)63-47)26(2)22-46(7)42(62-44-39(54)35(51(9)10)20-27(3)60-44)29(5)40(30(6)43(55)61-36)57-23-34(24-58-46)50-59-25-37(53)49-33-17-16-31-14-12-13-15-32(31)21-33/h12-17,21,26-30,35-36,39-42,44,54H,11,18-20,22-25H2,1-10H3,(H,49,53)/b50-34+/t26-,27+,28+,29+,30-,35-,36-,39+,40+,41-,42-,44-,46-,47-/m1/s1. The number of hydrogen-bond donors (Lipinski definition) is 2. The number of carbonyl (C=O) groups is 3. The van der Waals surface area contributed by atoms with E-state index in [1.54, 1.807) is 11.8 Å². The molecule has 0 spiro atoms. The fourth-order valence-electron chi connectivity index (χ4n) is 10.9. The number of nitrogens with one attached hydrogen (secondary N) is 1. The molecule has 5 aliphatic heterocycles. The van der Waals surface area contributed by atoms with Crippen LogP contribution in [-0.2, 0) is 42.8 Å². The quantitative estimate of drug-likeness (QED) is 0.254. The Morgan fingerprint density at radius 3 is 2.52 bits per heavy atom. The zero-order chi connectivity index (χ0) is 45.4. The lowest BCUT2D eigenvalue weighted by atomic mass is 9.72. The van der Waals surface area contributed by atoms with Gasteiger partial charge < -0.3 is 48.6 Å². The zero-order valence-electron chi connectivity index (χ0n) is 38.4. The summed E-state index contributed by atoms with van der Waals surface area (Å²) in [6.07, 6.45) is -3.80. The van der Waals surface area contributed by atoms with Gasteiger partial charge in [-0.15, -0.1) is 0 Å². The molecule has 16 heteroatoms. The van der Waals surface area contributed by atoms with Crippen molar-refractivity contribution in [3.8, 4) is 0 Å². The highest BCUT2D eigenvalue weighted by atomic mass is 16.7. The number of ether oxygens (including phenoxy) is 6. The third-order valence-corrected chi connectivity index (χ3v) is 14.0.